The molecule has 4 nitrogen and oxygen atoms in total. The Balaban J connectivity index is 1.43. The molecule has 0 heterocycles. The van der Waals surface area contributed by atoms with E-state index in [1.54, 1.807) is 12.1 Å². The molecule has 2 saturated carbocycles. The summed E-state index contributed by atoms with van der Waals surface area (Å²) in [6, 6.07) is 5.28. The average Bonchev–Trinajstić information content (AvgIpc) is 3.11. The second kappa shape index (κ2) is 6.91. The normalized spacial score (nSPS) is 25.4. The first-order valence-electron chi connectivity index (χ1n) is 8.23. The van der Waals surface area contributed by atoms with E-state index in [1.165, 1.54) is 19.3 Å². The van der Waals surface area contributed by atoms with Gasteiger partial charge in [0, 0.05) is 17.1 Å². The van der Waals surface area contributed by atoms with Gasteiger partial charge in [-0.3, -0.25) is 9.59 Å². The molecule has 0 spiro atoms. The Morgan fingerprint density at radius 2 is 2.13 bits per heavy atom. The van der Waals surface area contributed by atoms with Gasteiger partial charge in [0.05, 0.1) is 0 Å². The van der Waals surface area contributed by atoms with Crippen molar-refractivity contribution in [1.82, 2.24) is 0 Å². The van der Waals surface area contributed by atoms with Crippen molar-refractivity contribution >= 4 is 29.2 Å². The summed E-state index contributed by atoms with van der Waals surface area (Å²) in [5.74, 6) is 1.36. The number of benzene rings is 1. The SMILES string of the molecule is Cc1ccc(Cl)cc1NC(=O)COC(=O)C[C@H]1C[C@H]2CC[C@H]1C2. The Kier molecular flexibility index (Phi) is 4.90. The molecule has 0 unspecified atom stereocenters. The van der Waals surface area contributed by atoms with E-state index in [0.29, 0.717) is 29.0 Å². The van der Waals surface area contributed by atoms with Gasteiger partial charge in [-0.25, -0.2) is 0 Å². The Bertz CT molecular complexity index is 616. The van der Waals surface area contributed by atoms with Crippen molar-refractivity contribution in [1.29, 1.82) is 0 Å². The first kappa shape index (κ1) is 16.3. The van der Waals surface area contributed by atoms with Crippen molar-refractivity contribution < 1.29 is 14.3 Å². The smallest absolute Gasteiger partial charge is 0.306 e. The minimum absolute atomic E-state index is 0.244. The number of amides is 1. The number of hydrogen-bond acceptors (Lipinski definition) is 3. The zero-order valence-corrected chi connectivity index (χ0v) is 14.1. The molecular weight excluding hydrogens is 314 g/mol. The highest BCUT2D eigenvalue weighted by Crippen LogP contribution is 2.49. The zero-order chi connectivity index (χ0) is 16.4. The van der Waals surface area contributed by atoms with E-state index >= 15 is 0 Å². The van der Waals surface area contributed by atoms with Crippen molar-refractivity contribution in [2.75, 3.05) is 11.9 Å². The summed E-state index contributed by atoms with van der Waals surface area (Å²) in [6.07, 6.45) is 5.43. The molecule has 23 heavy (non-hydrogen) atoms. The van der Waals surface area contributed by atoms with Gasteiger partial charge >= 0.3 is 5.97 Å². The predicted octanol–water partition coefficient (Wildman–Crippen LogP) is 3.96. The molecule has 1 amide bonds. The summed E-state index contributed by atoms with van der Waals surface area (Å²) < 4.78 is 5.13. The molecule has 5 heteroatoms. The predicted molar refractivity (Wildman–Crippen MR) is 89.3 cm³/mol. The van der Waals surface area contributed by atoms with Crippen LogP contribution in [0.1, 0.15) is 37.7 Å². The van der Waals surface area contributed by atoms with Gasteiger partial charge in [0.15, 0.2) is 6.61 Å². The quantitative estimate of drug-likeness (QED) is 0.829. The highest BCUT2D eigenvalue weighted by atomic mass is 35.5. The number of aryl methyl sites for hydroxylation is 1. The summed E-state index contributed by atoms with van der Waals surface area (Å²) in [6.45, 7) is 1.64. The molecule has 3 atom stereocenters. The number of fused-ring (bicyclic) bond motifs is 2. The monoisotopic (exact) mass is 335 g/mol. The number of anilines is 1. The Labute approximate surface area is 141 Å². The highest BCUT2D eigenvalue weighted by molar-refractivity contribution is 6.31. The molecule has 2 aliphatic rings. The fourth-order valence-electron chi connectivity index (χ4n) is 3.96. The molecule has 1 aromatic carbocycles. The Hall–Kier alpha value is -1.55. The summed E-state index contributed by atoms with van der Waals surface area (Å²) in [4.78, 5) is 23.8. The van der Waals surface area contributed by atoms with Gasteiger partial charge in [0.25, 0.3) is 5.91 Å². The molecule has 0 aromatic heterocycles. The van der Waals surface area contributed by atoms with Gasteiger partial charge in [-0.15, -0.1) is 0 Å². The van der Waals surface area contributed by atoms with E-state index in [2.05, 4.69) is 5.32 Å². The molecule has 0 aliphatic heterocycles. The number of nitrogens with one attached hydrogen (secondary N) is 1. The van der Waals surface area contributed by atoms with Gasteiger partial charge < -0.3 is 10.1 Å². The first-order chi connectivity index (χ1) is 11.0. The lowest BCUT2D eigenvalue weighted by atomic mass is 9.86. The Morgan fingerprint density at radius 3 is 2.83 bits per heavy atom. The summed E-state index contributed by atoms with van der Waals surface area (Å²) in [5, 5.41) is 3.28. The molecule has 124 valence electrons. The summed E-state index contributed by atoms with van der Waals surface area (Å²) in [7, 11) is 0. The third kappa shape index (κ3) is 4.05. The molecule has 2 aliphatic carbocycles. The standard InChI is InChI=1S/C18H22ClNO3/c1-11-2-5-15(19)9-16(11)20-17(21)10-23-18(22)8-14-7-12-3-4-13(14)6-12/h2,5,9,12-14H,3-4,6-8,10H2,1H3,(H,20,21)/t12-,13-,14+/m0/s1. The minimum atomic E-state index is -0.336. The van der Waals surface area contributed by atoms with E-state index in [9.17, 15) is 9.59 Å². The van der Waals surface area contributed by atoms with Gasteiger partial charge in [-0.05, 0) is 61.6 Å². The number of halogens is 1. The van der Waals surface area contributed by atoms with Crippen molar-refractivity contribution in [2.45, 2.75) is 39.0 Å². The maximum Gasteiger partial charge on any atom is 0.306 e. The van der Waals surface area contributed by atoms with Crippen LogP contribution in [0.3, 0.4) is 0 Å². The fraction of sp³-hybridized carbons (Fsp3) is 0.556. The van der Waals surface area contributed by atoms with Gasteiger partial charge in [0.1, 0.15) is 0 Å². The number of ether oxygens (including phenoxy) is 1. The molecule has 1 N–H and O–H groups in total. The van der Waals surface area contributed by atoms with Crippen LogP contribution in [0.25, 0.3) is 0 Å². The van der Waals surface area contributed by atoms with E-state index in [0.717, 1.165) is 17.9 Å². The van der Waals surface area contributed by atoms with Gasteiger partial charge in [-0.1, -0.05) is 24.1 Å². The lowest BCUT2D eigenvalue weighted by Gasteiger charge is -2.20. The highest BCUT2D eigenvalue weighted by Gasteiger charge is 2.40. The van der Waals surface area contributed by atoms with Crippen LogP contribution in [0.4, 0.5) is 5.69 Å². The number of rotatable bonds is 5. The molecule has 0 saturated heterocycles. The number of carbonyl (C=O) groups is 2. The average molecular weight is 336 g/mol. The fourth-order valence-corrected chi connectivity index (χ4v) is 4.13. The van der Waals surface area contributed by atoms with E-state index < -0.39 is 0 Å². The van der Waals surface area contributed by atoms with Crippen LogP contribution < -0.4 is 5.32 Å². The lowest BCUT2D eigenvalue weighted by Crippen LogP contribution is -2.23. The van der Waals surface area contributed by atoms with E-state index in [1.807, 2.05) is 13.0 Å². The van der Waals surface area contributed by atoms with Crippen LogP contribution >= 0.6 is 11.6 Å². The summed E-state index contributed by atoms with van der Waals surface area (Å²) >= 11 is 5.92. The van der Waals surface area contributed by atoms with Crippen LogP contribution in [0.15, 0.2) is 18.2 Å². The topological polar surface area (TPSA) is 55.4 Å². The van der Waals surface area contributed by atoms with Crippen molar-refractivity contribution in [3.05, 3.63) is 28.8 Å². The maximum atomic E-state index is 11.9. The second-order valence-electron chi connectivity index (χ2n) is 6.81. The molecule has 2 bridgehead atoms. The molecule has 3 rings (SSSR count). The number of carbonyl (C=O) groups excluding carboxylic acids is 2. The van der Waals surface area contributed by atoms with E-state index in [-0.39, 0.29) is 18.5 Å². The largest absolute Gasteiger partial charge is 0.456 e. The lowest BCUT2D eigenvalue weighted by molar-refractivity contribution is -0.148. The number of hydrogen-bond donors (Lipinski definition) is 1. The molecule has 0 radical (unpaired) electrons. The zero-order valence-electron chi connectivity index (χ0n) is 13.3. The van der Waals surface area contributed by atoms with Crippen LogP contribution in [0, 0.1) is 24.7 Å². The maximum absolute atomic E-state index is 11.9. The van der Waals surface area contributed by atoms with Crippen LogP contribution in [-0.2, 0) is 14.3 Å². The van der Waals surface area contributed by atoms with E-state index in [4.69, 9.17) is 16.3 Å². The van der Waals surface area contributed by atoms with Crippen LogP contribution in [0.5, 0.6) is 0 Å². The first-order valence-corrected chi connectivity index (χ1v) is 8.60. The molecule has 1 aromatic rings. The van der Waals surface area contributed by atoms with Crippen molar-refractivity contribution in [3.8, 4) is 0 Å². The third-order valence-corrected chi connectivity index (χ3v) is 5.39. The van der Waals surface area contributed by atoms with Crippen LogP contribution in [-0.4, -0.2) is 18.5 Å². The number of esters is 1. The summed E-state index contributed by atoms with van der Waals surface area (Å²) in [5.41, 5.74) is 1.56. The minimum Gasteiger partial charge on any atom is -0.456 e. The Morgan fingerprint density at radius 1 is 1.30 bits per heavy atom. The molecular formula is C18H22ClNO3. The van der Waals surface area contributed by atoms with Crippen molar-refractivity contribution in [2.24, 2.45) is 17.8 Å². The third-order valence-electron chi connectivity index (χ3n) is 5.15. The van der Waals surface area contributed by atoms with Gasteiger partial charge in [0.2, 0.25) is 0 Å². The van der Waals surface area contributed by atoms with Crippen LogP contribution in [0.2, 0.25) is 5.02 Å². The van der Waals surface area contributed by atoms with Crippen molar-refractivity contribution in [3.63, 3.8) is 0 Å². The molecule has 2 fully saturated rings. The second-order valence-corrected chi connectivity index (χ2v) is 7.24. The van der Waals surface area contributed by atoms with Gasteiger partial charge in [-0.2, -0.15) is 0 Å².